The van der Waals surface area contributed by atoms with Gasteiger partial charge in [0.05, 0.1) is 6.61 Å². The number of nitrogens with zero attached hydrogens (tertiary/aromatic N) is 2. The minimum absolute atomic E-state index is 0.0890. The van der Waals surface area contributed by atoms with Crippen LogP contribution in [0.1, 0.15) is 29.8 Å². The number of hydrogen-bond donors (Lipinski definition) is 5. The van der Waals surface area contributed by atoms with Crippen molar-refractivity contribution in [1.29, 1.82) is 0 Å². The predicted octanol–water partition coefficient (Wildman–Crippen LogP) is -0.266. The Morgan fingerprint density at radius 3 is 2.44 bits per heavy atom. The van der Waals surface area contributed by atoms with Crippen LogP contribution in [0.2, 0.25) is 0 Å². The average Bonchev–Trinajstić information content (AvgIpc) is 3.12. The molecule has 1 aromatic carbocycles. The lowest BCUT2D eigenvalue weighted by Gasteiger charge is -2.17. The summed E-state index contributed by atoms with van der Waals surface area (Å²) in [6, 6.07) is 4.29. The van der Waals surface area contributed by atoms with E-state index >= 15 is 0 Å². The number of aromatic nitrogens is 2. The molecule has 5 atom stereocenters. The molecule has 1 unspecified atom stereocenters. The smallest absolute Gasteiger partial charge is 0.413 e. The zero-order valence-corrected chi connectivity index (χ0v) is 20.3. The van der Waals surface area contributed by atoms with Gasteiger partial charge in [-0.1, -0.05) is 0 Å². The Bertz CT molecular complexity index is 1150. The van der Waals surface area contributed by atoms with Crippen molar-refractivity contribution in [1.82, 2.24) is 14.9 Å². The molecule has 1 aliphatic heterocycles. The first-order valence-corrected chi connectivity index (χ1v) is 11.2. The number of nitrogens with one attached hydrogen (secondary N) is 2. The largest absolute Gasteiger partial charge is 0.444 e. The molecule has 36 heavy (non-hydrogen) atoms. The van der Waals surface area contributed by atoms with Crippen molar-refractivity contribution in [2.75, 3.05) is 19.0 Å². The Labute approximate surface area is 206 Å². The molecule has 2 heterocycles. The molecule has 196 valence electrons. The van der Waals surface area contributed by atoms with E-state index in [4.69, 9.17) is 14.2 Å². The fourth-order valence-electron chi connectivity index (χ4n) is 3.67. The number of amides is 1. The number of rotatable bonds is 8. The first kappa shape index (κ1) is 27.2. The van der Waals surface area contributed by atoms with Crippen molar-refractivity contribution in [2.24, 2.45) is 0 Å². The predicted molar refractivity (Wildman–Crippen MR) is 125 cm³/mol. The third-order valence-electron chi connectivity index (χ3n) is 5.73. The molecule has 1 aliphatic rings. The fourth-order valence-corrected chi connectivity index (χ4v) is 3.67. The SMILES string of the molecule is CNC(C)C(=O)Oc1c(C)cc(COC(=O)Nc2ccn([C@@H]3O[C@H](CO)[C@@H](O)[C@@H]3O)c(=O)n2)cc1C. The monoisotopic (exact) mass is 506 g/mol. The summed E-state index contributed by atoms with van der Waals surface area (Å²) in [7, 11) is 1.66. The van der Waals surface area contributed by atoms with E-state index in [-0.39, 0.29) is 12.4 Å². The number of esters is 1. The van der Waals surface area contributed by atoms with E-state index in [2.05, 4.69) is 15.6 Å². The molecule has 0 spiro atoms. The maximum absolute atomic E-state index is 12.4. The summed E-state index contributed by atoms with van der Waals surface area (Å²) < 4.78 is 16.9. The van der Waals surface area contributed by atoms with Gasteiger partial charge in [-0.3, -0.25) is 9.88 Å². The summed E-state index contributed by atoms with van der Waals surface area (Å²) >= 11 is 0. The number of carbonyl (C=O) groups excluding carboxylic acids is 2. The quantitative estimate of drug-likeness (QED) is 0.235. The molecule has 1 saturated heterocycles. The van der Waals surface area contributed by atoms with Gasteiger partial charge in [0.25, 0.3) is 0 Å². The highest BCUT2D eigenvalue weighted by molar-refractivity contribution is 5.83. The first-order chi connectivity index (χ1) is 17.0. The van der Waals surface area contributed by atoms with Gasteiger partial charge in [0, 0.05) is 6.20 Å². The van der Waals surface area contributed by atoms with Crippen molar-refractivity contribution in [3.63, 3.8) is 0 Å². The molecule has 1 fully saturated rings. The van der Waals surface area contributed by atoms with Crippen molar-refractivity contribution in [2.45, 2.75) is 58.0 Å². The van der Waals surface area contributed by atoms with Gasteiger partial charge in [-0.2, -0.15) is 4.98 Å². The van der Waals surface area contributed by atoms with E-state index < -0.39 is 54.9 Å². The molecule has 0 aliphatic carbocycles. The van der Waals surface area contributed by atoms with Crippen LogP contribution in [0.5, 0.6) is 5.75 Å². The highest BCUT2D eigenvalue weighted by Gasteiger charge is 2.43. The van der Waals surface area contributed by atoms with Gasteiger partial charge in [0.2, 0.25) is 0 Å². The Morgan fingerprint density at radius 1 is 1.22 bits per heavy atom. The van der Waals surface area contributed by atoms with E-state index in [9.17, 15) is 29.7 Å². The van der Waals surface area contributed by atoms with Crippen LogP contribution in [-0.4, -0.2) is 74.9 Å². The molecule has 13 nitrogen and oxygen atoms in total. The Kier molecular flexibility index (Phi) is 8.76. The summed E-state index contributed by atoms with van der Waals surface area (Å²) in [5.74, 6) is -0.0737. The third-order valence-corrected chi connectivity index (χ3v) is 5.73. The van der Waals surface area contributed by atoms with E-state index in [1.807, 2.05) is 0 Å². The number of aliphatic hydroxyl groups is 3. The fraction of sp³-hybridized carbons (Fsp3) is 0.478. The molecule has 13 heteroatoms. The van der Waals surface area contributed by atoms with Gasteiger partial charge in [0.15, 0.2) is 6.23 Å². The number of aryl methyl sites for hydroxylation is 2. The Morgan fingerprint density at radius 2 is 1.89 bits per heavy atom. The molecule has 3 rings (SSSR count). The topological polar surface area (TPSA) is 181 Å². The molecule has 5 N–H and O–H groups in total. The first-order valence-electron chi connectivity index (χ1n) is 11.2. The van der Waals surface area contributed by atoms with Gasteiger partial charge >= 0.3 is 17.8 Å². The minimum Gasteiger partial charge on any atom is -0.444 e. The number of carbonyl (C=O) groups is 2. The molecule has 2 aromatic rings. The van der Waals surface area contributed by atoms with Crippen LogP contribution in [0, 0.1) is 13.8 Å². The highest BCUT2D eigenvalue weighted by Crippen LogP contribution is 2.28. The van der Waals surface area contributed by atoms with Crippen LogP contribution in [0.25, 0.3) is 0 Å². The molecular formula is C23H30N4O9. The van der Waals surface area contributed by atoms with Gasteiger partial charge < -0.3 is 34.8 Å². The summed E-state index contributed by atoms with van der Waals surface area (Å²) in [6.07, 6.45) is -4.74. The van der Waals surface area contributed by atoms with E-state index in [0.29, 0.717) is 22.4 Å². The number of ether oxygens (including phenoxy) is 3. The van der Waals surface area contributed by atoms with Crippen molar-refractivity contribution < 1.29 is 39.1 Å². The number of anilines is 1. The zero-order chi connectivity index (χ0) is 26.6. The molecule has 0 bridgehead atoms. The average molecular weight is 507 g/mol. The maximum atomic E-state index is 12.4. The van der Waals surface area contributed by atoms with Crippen molar-refractivity contribution in [3.8, 4) is 5.75 Å². The second-order valence-corrected chi connectivity index (χ2v) is 8.42. The lowest BCUT2D eigenvalue weighted by molar-refractivity contribution is -0.136. The number of likely N-dealkylation sites (N-methyl/N-ethyl adjacent to an activating group) is 1. The van der Waals surface area contributed by atoms with E-state index in [1.54, 1.807) is 40.0 Å². The third kappa shape index (κ3) is 6.06. The number of hydrogen-bond acceptors (Lipinski definition) is 11. The normalized spacial score (nSPS) is 22.2. The summed E-state index contributed by atoms with van der Waals surface area (Å²) in [5, 5.41) is 34.3. The molecular weight excluding hydrogens is 476 g/mol. The number of aliphatic hydroxyl groups excluding tert-OH is 3. The second kappa shape index (κ2) is 11.6. The lowest BCUT2D eigenvalue weighted by atomic mass is 10.1. The molecule has 0 radical (unpaired) electrons. The Balaban J connectivity index is 1.60. The maximum Gasteiger partial charge on any atom is 0.413 e. The lowest BCUT2D eigenvalue weighted by Crippen LogP contribution is -2.36. The van der Waals surface area contributed by atoms with Crippen LogP contribution in [-0.2, 0) is 20.9 Å². The van der Waals surface area contributed by atoms with Gasteiger partial charge in [0.1, 0.15) is 42.5 Å². The van der Waals surface area contributed by atoms with Gasteiger partial charge in [-0.15, -0.1) is 0 Å². The minimum atomic E-state index is -1.45. The summed E-state index contributed by atoms with van der Waals surface area (Å²) in [5.41, 5.74) is 1.20. The molecule has 1 aromatic heterocycles. The summed E-state index contributed by atoms with van der Waals surface area (Å²) in [6.45, 7) is 4.61. The zero-order valence-electron chi connectivity index (χ0n) is 20.3. The van der Waals surface area contributed by atoms with Crippen LogP contribution < -0.4 is 21.1 Å². The second-order valence-electron chi connectivity index (χ2n) is 8.42. The van der Waals surface area contributed by atoms with Gasteiger partial charge in [-0.05, 0) is 62.7 Å². The molecule has 0 saturated carbocycles. The highest BCUT2D eigenvalue weighted by atomic mass is 16.6. The number of benzene rings is 1. The van der Waals surface area contributed by atoms with Crippen LogP contribution >= 0.6 is 0 Å². The van der Waals surface area contributed by atoms with Gasteiger partial charge in [-0.25, -0.2) is 14.4 Å². The van der Waals surface area contributed by atoms with Crippen LogP contribution in [0.15, 0.2) is 29.2 Å². The standard InChI is InChI=1S/C23H30N4O9/c1-11-7-14(8-12(2)19(11)36-21(31)13(3)24-4)10-34-23(33)26-16-5-6-27(22(32)25-16)20-18(30)17(29)15(9-28)35-20/h5-8,13,15,17-18,20,24,28-30H,9-10H2,1-4H3,(H,25,26,32,33)/t13?,15-,17-,18+,20-/m1/s1. The summed E-state index contributed by atoms with van der Waals surface area (Å²) in [4.78, 5) is 40.4. The van der Waals surface area contributed by atoms with Crippen molar-refractivity contribution in [3.05, 3.63) is 51.6 Å². The van der Waals surface area contributed by atoms with Crippen LogP contribution in [0.4, 0.5) is 10.6 Å². The van der Waals surface area contributed by atoms with E-state index in [0.717, 1.165) is 4.57 Å². The van der Waals surface area contributed by atoms with Crippen molar-refractivity contribution >= 4 is 17.9 Å². The Hall–Kier alpha value is -3.36. The molecule has 1 amide bonds. The van der Waals surface area contributed by atoms with E-state index in [1.165, 1.54) is 12.3 Å². The van der Waals surface area contributed by atoms with Crippen LogP contribution in [0.3, 0.4) is 0 Å².